The molecular weight excluding hydrogens is 433 g/mol. The Labute approximate surface area is 153 Å². The van der Waals surface area contributed by atoms with Crippen molar-refractivity contribution in [2.75, 3.05) is 13.7 Å². The van der Waals surface area contributed by atoms with Crippen molar-refractivity contribution in [3.05, 3.63) is 0 Å². The number of ether oxygens (including phenoxy) is 1. The van der Waals surface area contributed by atoms with Gasteiger partial charge in [0, 0.05) is 19.7 Å². The number of methoxy groups -OCH3 is 1. The van der Waals surface area contributed by atoms with Crippen LogP contribution in [-0.2, 0) is 14.0 Å². The number of nitrogens with zero attached hydrogens (tertiary/aromatic N) is 1. The second-order valence-electron chi connectivity index (χ2n) is 7.84. The third kappa shape index (κ3) is 3.36. The van der Waals surface area contributed by atoms with Gasteiger partial charge in [0.2, 0.25) is 5.91 Å². The van der Waals surface area contributed by atoms with E-state index in [1.54, 1.807) is 7.11 Å². The molecule has 0 aromatic rings. The maximum Gasteiger partial charge on any atom is 0.243 e. The lowest BCUT2D eigenvalue weighted by molar-refractivity contribution is -0.138. The van der Waals surface area contributed by atoms with Crippen molar-refractivity contribution in [2.24, 2.45) is 0 Å². The van der Waals surface area contributed by atoms with E-state index < -0.39 is 13.7 Å². The molecule has 2 aliphatic rings. The van der Waals surface area contributed by atoms with Crippen LogP contribution in [0.1, 0.15) is 27.2 Å². The molecule has 0 radical (unpaired) electrons. The molecule has 0 N–H and O–H groups in total. The molecule has 0 bridgehead atoms. The van der Waals surface area contributed by atoms with E-state index in [1.165, 1.54) is 0 Å². The van der Waals surface area contributed by atoms with Gasteiger partial charge in [-0.25, -0.2) is 0 Å². The molecule has 2 heterocycles. The fourth-order valence-corrected chi connectivity index (χ4v) is 6.37. The number of halogens is 2. The lowest BCUT2D eigenvalue weighted by Crippen LogP contribution is -2.58. The van der Waals surface area contributed by atoms with Crippen LogP contribution < -0.4 is 0 Å². The van der Waals surface area contributed by atoms with E-state index in [0.717, 1.165) is 6.42 Å². The van der Waals surface area contributed by atoms with E-state index in [9.17, 15) is 4.79 Å². The first-order chi connectivity index (χ1) is 9.99. The van der Waals surface area contributed by atoms with Gasteiger partial charge in [0.15, 0.2) is 8.32 Å². The molecule has 5 atom stereocenters. The van der Waals surface area contributed by atoms with Crippen LogP contribution in [0.15, 0.2) is 0 Å². The number of hydrogen-bond donors (Lipinski definition) is 0. The topological polar surface area (TPSA) is 38.8 Å². The Hall–Kier alpha value is 0.627. The lowest BCUT2D eigenvalue weighted by atomic mass is 9.98. The van der Waals surface area contributed by atoms with Gasteiger partial charge in [-0.05, 0) is 24.6 Å². The zero-order valence-corrected chi connectivity index (χ0v) is 18.1. The summed E-state index contributed by atoms with van der Waals surface area (Å²) in [4.78, 5) is 14.4. The van der Waals surface area contributed by atoms with Crippen molar-refractivity contribution < 1.29 is 14.0 Å². The van der Waals surface area contributed by atoms with Gasteiger partial charge in [-0.1, -0.05) is 43.4 Å². The largest absolute Gasteiger partial charge is 0.412 e. The molecule has 0 spiro atoms. The van der Waals surface area contributed by atoms with Crippen molar-refractivity contribution in [3.63, 3.8) is 0 Å². The van der Waals surface area contributed by atoms with Crippen molar-refractivity contribution >= 4 is 48.4 Å². The minimum absolute atomic E-state index is 0.00670. The standard InChI is InChI=1S/C15H27ClINO3Si/c1-15(2,3)22(5,6)21-9-7-10-12(17)13(20-4)11(16)14(19)18(10)8-9/h9-13H,7-8H2,1-6H3/t9-,10+,11-,12+,13-/m1/s1. The zero-order chi connectivity index (χ0) is 16.9. The van der Waals surface area contributed by atoms with Gasteiger partial charge < -0.3 is 14.1 Å². The molecule has 2 fully saturated rings. The second kappa shape index (κ2) is 6.50. The molecule has 2 aliphatic heterocycles. The number of hydrogen-bond acceptors (Lipinski definition) is 3. The normalized spacial score (nSPS) is 36.6. The fraction of sp³-hybridized carbons (Fsp3) is 0.933. The summed E-state index contributed by atoms with van der Waals surface area (Å²) in [6.07, 6.45) is 0.782. The number of carbonyl (C=O) groups excluding carboxylic acids is 1. The molecule has 2 rings (SSSR count). The second-order valence-corrected chi connectivity index (χ2v) is 14.5. The molecule has 22 heavy (non-hydrogen) atoms. The highest BCUT2D eigenvalue weighted by Gasteiger charge is 2.52. The Morgan fingerprint density at radius 3 is 2.45 bits per heavy atom. The average Bonchev–Trinajstić information content (AvgIpc) is 2.79. The average molecular weight is 460 g/mol. The monoisotopic (exact) mass is 459 g/mol. The van der Waals surface area contributed by atoms with Gasteiger partial charge in [-0.3, -0.25) is 4.79 Å². The molecule has 0 aromatic carbocycles. The summed E-state index contributed by atoms with van der Waals surface area (Å²) >= 11 is 8.67. The van der Waals surface area contributed by atoms with Gasteiger partial charge in [0.05, 0.1) is 16.1 Å². The molecule has 0 saturated carbocycles. The van der Waals surface area contributed by atoms with Crippen LogP contribution in [0.5, 0.6) is 0 Å². The van der Waals surface area contributed by atoms with E-state index in [-0.39, 0.29) is 33.1 Å². The number of rotatable bonds is 3. The molecule has 0 aliphatic carbocycles. The summed E-state index contributed by atoms with van der Waals surface area (Å²) in [5, 5.41) is -0.414. The Kier molecular flexibility index (Phi) is 5.60. The quantitative estimate of drug-likeness (QED) is 0.369. The molecule has 128 valence electrons. The Morgan fingerprint density at radius 1 is 1.36 bits per heavy atom. The molecular formula is C15H27ClINO3Si. The molecule has 7 heteroatoms. The van der Waals surface area contributed by atoms with Crippen molar-refractivity contribution in [1.29, 1.82) is 0 Å². The van der Waals surface area contributed by atoms with E-state index in [0.29, 0.717) is 6.54 Å². The maximum atomic E-state index is 12.5. The first-order valence-corrected chi connectivity index (χ1v) is 12.4. The summed E-state index contributed by atoms with van der Waals surface area (Å²) in [5.74, 6) is -0.00670. The SMILES string of the molecule is CO[C@H]1[C@@H](I)[C@@H]2C[C@@H](O[Si](C)(C)C(C)(C)C)CN2C(=O)[C@@H]1Cl. The van der Waals surface area contributed by atoms with E-state index in [4.69, 9.17) is 20.8 Å². The van der Waals surface area contributed by atoms with Crippen LogP contribution in [0.4, 0.5) is 0 Å². The van der Waals surface area contributed by atoms with Gasteiger partial charge in [0.1, 0.15) is 5.38 Å². The van der Waals surface area contributed by atoms with Gasteiger partial charge in [-0.2, -0.15) is 0 Å². The lowest BCUT2D eigenvalue weighted by Gasteiger charge is -2.40. The minimum atomic E-state index is -1.83. The third-order valence-electron chi connectivity index (χ3n) is 5.33. The number of carbonyl (C=O) groups is 1. The fourth-order valence-electron chi connectivity index (χ4n) is 2.99. The Balaban J connectivity index is 2.12. The van der Waals surface area contributed by atoms with E-state index >= 15 is 0 Å². The molecule has 0 unspecified atom stereocenters. The van der Waals surface area contributed by atoms with Crippen LogP contribution in [0, 0.1) is 0 Å². The summed E-state index contributed by atoms with van der Waals surface area (Å²) in [7, 11) is -0.193. The van der Waals surface area contributed by atoms with Crippen LogP contribution in [0.25, 0.3) is 0 Å². The highest BCUT2D eigenvalue weighted by atomic mass is 127. The summed E-state index contributed by atoms with van der Waals surface area (Å²) in [5.41, 5.74) is 0. The maximum absolute atomic E-state index is 12.5. The number of fused-ring (bicyclic) bond motifs is 1. The highest BCUT2D eigenvalue weighted by Crippen LogP contribution is 2.41. The van der Waals surface area contributed by atoms with Crippen molar-refractivity contribution in [1.82, 2.24) is 4.90 Å². The minimum Gasteiger partial charge on any atom is -0.412 e. The van der Waals surface area contributed by atoms with Gasteiger partial charge in [0.25, 0.3) is 0 Å². The molecule has 1 amide bonds. The predicted octanol–water partition coefficient (Wildman–Crippen LogP) is 3.42. The Morgan fingerprint density at radius 2 is 1.95 bits per heavy atom. The van der Waals surface area contributed by atoms with Crippen molar-refractivity contribution in [3.8, 4) is 0 Å². The van der Waals surface area contributed by atoms with E-state index in [2.05, 4.69) is 56.5 Å². The Bertz CT molecular complexity index is 443. The van der Waals surface area contributed by atoms with Crippen LogP contribution in [0.3, 0.4) is 0 Å². The third-order valence-corrected chi connectivity index (χ3v) is 11.8. The van der Waals surface area contributed by atoms with Crippen LogP contribution in [-0.4, -0.2) is 60.3 Å². The zero-order valence-electron chi connectivity index (χ0n) is 14.2. The highest BCUT2D eigenvalue weighted by molar-refractivity contribution is 14.1. The smallest absolute Gasteiger partial charge is 0.243 e. The molecule has 4 nitrogen and oxygen atoms in total. The van der Waals surface area contributed by atoms with E-state index in [1.807, 2.05) is 4.90 Å². The number of amides is 1. The van der Waals surface area contributed by atoms with Crippen molar-refractivity contribution in [2.45, 2.75) is 72.9 Å². The van der Waals surface area contributed by atoms with Crippen LogP contribution >= 0.6 is 34.2 Å². The first kappa shape index (κ1) is 19.0. The first-order valence-electron chi connectivity index (χ1n) is 7.79. The molecule has 2 saturated heterocycles. The number of alkyl halides is 2. The summed E-state index contributed by atoms with van der Waals surface area (Å²) in [6.45, 7) is 11.9. The summed E-state index contributed by atoms with van der Waals surface area (Å²) < 4.78 is 12.2. The van der Waals surface area contributed by atoms with Gasteiger partial charge in [-0.15, -0.1) is 11.6 Å². The number of piperidine rings is 1. The summed E-state index contributed by atoms with van der Waals surface area (Å²) in [6, 6.07) is 0.169. The van der Waals surface area contributed by atoms with Gasteiger partial charge >= 0.3 is 0 Å². The predicted molar refractivity (Wildman–Crippen MR) is 100 cm³/mol. The van der Waals surface area contributed by atoms with Crippen LogP contribution in [0.2, 0.25) is 18.1 Å². The molecule has 0 aromatic heterocycles.